The van der Waals surface area contributed by atoms with Crippen molar-refractivity contribution in [1.82, 2.24) is 5.32 Å². The predicted octanol–water partition coefficient (Wildman–Crippen LogP) is 3.62. The normalized spacial score (nSPS) is 23.9. The standard InChI is InChI=1S/C34H63NO12S/c1-3-5-7-9-11-13-15-16-18-20-22-27(37)26(35-33(41)28(38)23-21-19-17-14-12-10-8-6-4-2)25-45-34-31(40)32(47-48(42,43)44)30(39)29(24-36)46-34/h10,12,20,22,26-32,34,36-40H,3-9,11,13-19,21,23-25H2,1-2H3,(H,35,41)(H,42,43,44)/b12-10-,22-20+. The number of carbonyl (C=O) groups excluding carboxylic acids is 1. The van der Waals surface area contributed by atoms with Crippen LogP contribution >= 0.6 is 0 Å². The Bertz CT molecular complexity index is 995. The summed E-state index contributed by atoms with van der Waals surface area (Å²) in [6, 6.07) is -1.12. The zero-order valence-electron chi connectivity index (χ0n) is 28.9. The largest absolute Gasteiger partial charge is 0.397 e. The molecule has 1 aliphatic rings. The molecule has 0 bridgehead atoms. The first-order chi connectivity index (χ1) is 22.9. The average Bonchev–Trinajstić information content (AvgIpc) is 3.05. The Morgan fingerprint density at radius 2 is 1.40 bits per heavy atom. The second kappa shape index (κ2) is 26.4. The topological polar surface area (TPSA) is 212 Å². The Labute approximate surface area is 287 Å². The number of carbonyl (C=O) groups is 1. The lowest BCUT2D eigenvalue weighted by Crippen LogP contribution is -2.61. The molecule has 1 rings (SSSR count). The summed E-state index contributed by atoms with van der Waals surface area (Å²) in [5.74, 6) is -0.722. The number of ether oxygens (including phenoxy) is 2. The molecule has 0 aromatic carbocycles. The highest BCUT2D eigenvalue weighted by Crippen LogP contribution is 2.26. The Balaban J connectivity index is 2.79. The van der Waals surface area contributed by atoms with E-state index in [2.05, 4.69) is 35.5 Å². The number of rotatable bonds is 28. The van der Waals surface area contributed by atoms with Crippen molar-refractivity contribution in [1.29, 1.82) is 0 Å². The monoisotopic (exact) mass is 709 g/mol. The van der Waals surface area contributed by atoms with Gasteiger partial charge in [0.05, 0.1) is 25.4 Å². The van der Waals surface area contributed by atoms with E-state index in [4.69, 9.17) is 14.0 Å². The number of hydrogen-bond donors (Lipinski definition) is 7. The summed E-state index contributed by atoms with van der Waals surface area (Å²) in [7, 11) is -5.11. The molecule has 7 N–H and O–H groups in total. The maximum Gasteiger partial charge on any atom is 0.397 e. The summed E-state index contributed by atoms with van der Waals surface area (Å²) in [6.45, 7) is 3.06. The molecule has 14 heteroatoms. The average molecular weight is 710 g/mol. The van der Waals surface area contributed by atoms with E-state index in [1.807, 2.05) is 0 Å². The van der Waals surface area contributed by atoms with E-state index < -0.39 is 78.5 Å². The Morgan fingerprint density at radius 1 is 0.833 bits per heavy atom. The molecular formula is C34H63NO12S. The first-order valence-electron chi connectivity index (χ1n) is 17.8. The van der Waals surface area contributed by atoms with Crippen molar-refractivity contribution in [3.8, 4) is 0 Å². The molecule has 1 heterocycles. The van der Waals surface area contributed by atoms with E-state index in [-0.39, 0.29) is 6.42 Å². The minimum absolute atomic E-state index is 0.221. The summed E-state index contributed by atoms with van der Waals surface area (Å²) in [4.78, 5) is 12.9. The second-order valence-electron chi connectivity index (χ2n) is 12.6. The fourth-order valence-electron chi connectivity index (χ4n) is 5.38. The van der Waals surface area contributed by atoms with Crippen LogP contribution in [0.5, 0.6) is 0 Å². The Morgan fingerprint density at radius 3 is 2.00 bits per heavy atom. The molecule has 0 aromatic heterocycles. The lowest BCUT2D eigenvalue weighted by atomic mass is 9.99. The fourth-order valence-corrected chi connectivity index (χ4v) is 5.89. The SMILES string of the molecule is CCCC/C=C\CCCCCC(O)C(=O)NC(COC1OC(CO)C(O)C(OS(=O)(=O)O)C1O)C(O)/C=C/CCCCCCCCCC. The summed E-state index contributed by atoms with van der Waals surface area (Å²) < 4.78 is 47.1. The van der Waals surface area contributed by atoms with Crippen LogP contribution in [0.1, 0.15) is 123 Å². The zero-order valence-corrected chi connectivity index (χ0v) is 29.7. The van der Waals surface area contributed by atoms with Crippen molar-refractivity contribution in [3.05, 3.63) is 24.3 Å². The molecule has 48 heavy (non-hydrogen) atoms. The maximum absolute atomic E-state index is 12.9. The molecule has 0 spiro atoms. The summed E-state index contributed by atoms with van der Waals surface area (Å²) in [5, 5.41) is 54.6. The molecule has 0 saturated carbocycles. The molecule has 0 radical (unpaired) electrons. The quantitative estimate of drug-likeness (QED) is 0.0353. The fraction of sp³-hybridized carbons (Fsp3) is 0.853. The lowest BCUT2D eigenvalue weighted by molar-refractivity contribution is -0.298. The van der Waals surface area contributed by atoms with Crippen molar-refractivity contribution >= 4 is 16.3 Å². The van der Waals surface area contributed by atoms with Gasteiger partial charge in [-0.15, -0.1) is 0 Å². The van der Waals surface area contributed by atoms with Crippen LogP contribution in [-0.2, 0) is 28.9 Å². The van der Waals surface area contributed by atoms with Crippen LogP contribution in [0.3, 0.4) is 0 Å². The number of aliphatic hydroxyl groups is 5. The van der Waals surface area contributed by atoms with E-state index in [1.165, 1.54) is 38.2 Å². The molecule has 13 nitrogen and oxygen atoms in total. The van der Waals surface area contributed by atoms with Crippen LogP contribution in [0, 0.1) is 0 Å². The molecular weight excluding hydrogens is 646 g/mol. The number of aliphatic hydroxyl groups excluding tert-OH is 5. The summed E-state index contributed by atoms with van der Waals surface area (Å²) in [5.41, 5.74) is 0. The number of unbranched alkanes of at least 4 members (excludes halogenated alkanes) is 13. The first kappa shape index (κ1) is 44.6. The van der Waals surface area contributed by atoms with Gasteiger partial charge in [-0.3, -0.25) is 9.35 Å². The van der Waals surface area contributed by atoms with Crippen LogP contribution in [0.15, 0.2) is 24.3 Å². The minimum Gasteiger partial charge on any atom is -0.394 e. The third-order valence-corrected chi connectivity index (χ3v) is 8.80. The predicted molar refractivity (Wildman–Crippen MR) is 182 cm³/mol. The number of allylic oxidation sites excluding steroid dienone is 3. The van der Waals surface area contributed by atoms with Gasteiger partial charge in [0.15, 0.2) is 6.29 Å². The van der Waals surface area contributed by atoms with Crippen LogP contribution in [-0.4, -0.2) is 107 Å². The third kappa shape index (κ3) is 19.7. The van der Waals surface area contributed by atoms with E-state index in [1.54, 1.807) is 6.08 Å². The van der Waals surface area contributed by atoms with Gasteiger partial charge in [-0.1, -0.05) is 109 Å². The highest BCUT2D eigenvalue weighted by atomic mass is 32.3. The molecule has 0 aromatic rings. The van der Waals surface area contributed by atoms with Crippen LogP contribution < -0.4 is 5.32 Å². The van der Waals surface area contributed by atoms with Gasteiger partial charge in [0, 0.05) is 0 Å². The molecule has 1 aliphatic heterocycles. The van der Waals surface area contributed by atoms with Gasteiger partial charge in [-0.05, 0) is 38.5 Å². The molecule has 8 atom stereocenters. The van der Waals surface area contributed by atoms with Crippen LogP contribution in [0.25, 0.3) is 0 Å². The third-order valence-electron chi connectivity index (χ3n) is 8.33. The van der Waals surface area contributed by atoms with Gasteiger partial charge in [0.2, 0.25) is 5.91 Å². The highest BCUT2D eigenvalue weighted by Gasteiger charge is 2.48. The van der Waals surface area contributed by atoms with Gasteiger partial charge < -0.3 is 40.3 Å². The van der Waals surface area contributed by atoms with Gasteiger partial charge in [0.25, 0.3) is 0 Å². The molecule has 8 unspecified atom stereocenters. The Kier molecular flexibility index (Phi) is 24.5. The maximum atomic E-state index is 12.9. The minimum atomic E-state index is -5.11. The summed E-state index contributed by atoms with van der Waals surface area (Å²) >= 11 is 0. The van der Waals surface area contributed by atoms with Crippen molar-refractivity contribution in [2.75, 3.05) is 13.2 Å². The molecule has 0 aliphatic carbocycles. The molecule has 1 amide bonds. The highest BCUT2D eigenvalue weighted by molar-refractivity contribution is 7.80. The van der Waals surface area contributed by atoms with E-state index in [9.17, 15) is 38.7 Å². The van der Waals surface area contributed by atoms with Crippen LogP contribution in [0.4, 0.5) is 0 Å². The number of amides is 1. The van der Waals surface area contributed by atoms with Gasteiger partial charge in [0.1, 0.15) is 30.5 Å². The van der Waals surface area contributed by atoms with Gasteiger partial charge in [-0.2, -0.15) is 8.42 Å². The number of hydrogen-bond acceptors (Lipinski definition) is 11. The van der Waals surface area contributed by atoms with Crippen molar-refractivity contribution in [3.63, 3.8) is 0 Å². The lowest BCUT2D eigenvalue weighted by Gasteiger charge is -2.41. The second-order valence-corrected chi connectivity index (χ2v) is 13.6. The Hall–Kier alpha value is -1.46. The summed E-state index contributed by atoms with van der Waals surface area (Å²) in [6.07, 6.45) is 13.1. The van der Waals surface area contributed by atoms with Crippen LogP contribution in [0.2, 0.25) is 0 Å². The smallest absolute Gasteiger partial charge is 0.394 e. The van der Waals surface area contributed by atoms with Crippen molar-refractivity contribution in [2.45, 2.75) is 172 Å². The van der Waals surface area contributed by atoms with Crippen molar-refractivity contribution < 1.29 is 57.0 Å². The first-order valence-corrected chi connectivity index (χ1v) is 19.2. The van der Waals surface area contributed by atoms with E-state index in [0.29, 0.717) is 12.8 Å². The van der Waals surface area contributed by atoms with Gasteiger partial charge in [-0.25, -0.2) is 4.18 Å². The number of nitrogens with one attached hydrogen (secondary N) is 1. The van der Waals surface area contributed by atoms with E-state index in [0.717, 1.165) is 57.8 Å². The van der Waals surface area contributed by atoms with E-state index >= 15 is 0 Å². The molecule has 282 valence electrons. The van der Waals surface area contributed by atoms with Gasteiger partial charge >= 0.3 is 10.4 Å². The zero-order chi connectivity index (χ0) is 35.8. The molecule has 1 fully saturated rings. The van der Waals surface area contributed by atoms with Crippen molar-refractivity contribution in [2.24, 2.45) is 0 Å². The molecule has 1 saturated heterocycles.